The van der Waals surface area contributed by atoms with Crippen molar-refractivity contribution in [2.24, 2.45) is 0 Å². The molecular weight excluding hydrogens is 338 g/mol. The maximum absolute atomic E-state index is 12.7. The van der Waals surface area contributed by atoms with Gasteiger partial charge in [0.25, 0.3) is 0 Å². The molecule has 1 aromatic heterocycles. The normalized spacial score (nSPS) is 12.1. The van der Waals surface area contributed by atoms with Crippen molar-refractivity contribution in [1.29, 1.82) is 0 Å². The minimum atomic E-state index is -0.330. The summed E-state index contributed by atoms with van der Waals surface area (Å²) in [5.41, 5.74) is 2.95. The van der Waals surface area contributed by atoms with Crippen LogP contribution in [0.1, 0.15) is 17.2 Å². The summed E-state index contributed by atoms with van der Waals surface area (Å²) in [5.74, 6) is 0.690. The van der Waals surface area contributed by atoms with E-state index in [2.05, 4.69) is 10.3 Å². The summed E-state index contributed by atoms with van der Waals surface area (Å²) in [4.78, 5) is 19.0. The third kappa shape index (κ3) is 4.63. The van der Waals surface area contributed by atoms with Gasteiger partial charge in [-0.3, -0.25) is 14.7 Å². The summed E-state index contributed by atoms with van der Waals surface area (Å²) in [6, 6.07) is 17.4. The number of nitrogens with one attached hydrogen (secondary N) is 1. The number of aryl methyl sites for hydroxylation is 1. The zero-order valence-electron chi connectivity index (χ0n) is 16.0. The monoisotopic (exact) mass is 363 g/mol. The molecule has 3 aromatic rings. The number of pyridine rings is 1. The number of amides is 1. The van der Waals surface area contributed by atoms with Crippen LogP contribution in [0.25, 0.3) is 10.9 Å². The second kappa shape index (κ2) is 8.64. The lowest BCUT2D eigenvalue weighted by molar-refractivity contribution is -0.125. The topological polar surface area (TPSA) is 54.5 Å². The number of para-hydroxylation sites is 1. The average Bonchev–Trinajstić information content (AvgIpc) is 2.65. The quantitative estimate of drug-likeness (QED) is 0.654. The second-order valence-corrected chi connectivity index (χ2v) is 6.75. The summed E-state index contributed by atoms with van der Waals surface area (Å²) in [5, 5.41) is 4.01. The van der Waals surface area contributed by atoms with E-state index in [4.69, 9.17) is 4.74 Å². The fraction of sp³-hybridized carbons (Fsp3) is 0.273. The highest BCUT2D eigenvalue weighted by molar-refractivity contribution is 5.84. The van der Waals surface area contributed by atoms with Gasteiger partial charge >= 0.3 is 0 Å². The molecule has 0 saturated carbocycles. The maximum Gasteiger partial charge on any atom is 0.242 e. The first-order valence-corrected chi connectivity index (χ1v) is 9.03. The van der Waals surface area contributed by atoms with Gasteiger partial charge in [-0.15, -0.1) is 0 Å². The van der Waals surface area contributed by atoms with Crippen LogP contribution in [0.4, 0.5) is 0 Å². The Morgan fingerprint density at radius 2 is 1.93 bits per heavy atom. The Balaban J connectivity index is 1.59. The van der Waals surface area contributed by atoms with Crippen molar-refractivity contribution >= 4 is 16.8 Å². The van der Waals surface area contributed by atoms with Crippen LogP contribution >= 0.6 is 0 Å². The van der Waals surface area contributed by atoms with Gasteiger partial charge in [0.05, 0.1) is 6.54 Å². The molecule has 0 fully saturated rings. The molecule has 140 valence electrons. The molecular formula is C22H25N3O2. The molecule has 0 spiro atoms. The fourth-order valence-electron chi connectivity index (χ4n) is 3.15. The lowest BCUT2D eigenvalue weighted by Crippen LogP contribution is -2.38. The number of carbonyl (C=O) groups excluding carboxylic acids is 1. The largest absolute Gasteiger partial charge is 0.489 e. The van der Waals surface area contributed by atoms with Crippen LogP contribution in [0, 0.1) is 6.92 Å². The van der Waals surface area contributed by atoms with E-state index in [1.807, 2.05) is 80.5 Å². The number of nitrogens with zero attached hydrogens (tertiary/aromatic N) is 2. The highest BCUT2D eigenvalue weighted by Gasteiger charge is 2.22. The molecule has 2 aromatic carbocycles. The molecule has 0 unspecified atom stereocenters. The Hall–Kier alpha value is -2.92. The van der Waals surface area contributed by atoms with E-state index in [1.165, 1.54) is 0 Å². The molecule has 0 aliphatic carbocycles. The van der Waals surface area contributed by atoms with Crippen LogP contribution in [0.5, 0.6) is 5.75 Å². The van der Waals surface area contributed by atoms with Crippen LogP contribution in [-0.4, -0.2) is 43.0 Å². The Morgan fingerprint density at radius 1 is 1.15 bits per heavy atom. The number of ether oxygens (including phenoxy) is 1. The van der Waals surface area contributed by atoms with Crippen LogP contribution in [0.2, 0.25) is 0 Å². The van der Waals surface area contributed by atoms with Gasteiger partial charge in [-0.1, -0.05) is 48.0 Å². The summed E-state index contributed by atoms with van der Waals surface area (Å²) in [7, 11) is 3.82. The third-order valence-corrected chi connectivity index (χ3v) is 4.38. The smallest absolute Gasteiger partial charge is 0.242 e. The predicted octanol–water partition coefficient (Wildman–Crippen LogP) is 3.34. The molecule has 0 aliphatic rings. The van der Waals surface area contributed by atoms with Crippen molar-refractivity contribution in [3.8, 4) is 5.75 Å². The number of likely N-dealkylation sites (N-methyl/N-ethyl adjacent to an activating group) is 1. The third-order valence-electron chi connectivity index (χ3n) is 4.38. The minimum Gasteiger partial charge on any atom is -0.489 e. The maximum atomic E-state index is 12.7. The number of hydrogen-bond donors (Lipinski definition) is 1. The van der Waals surface area contributed by atoms with E-state index in [1.54, 1.807) is 6.20 Å². The number of carbonyl (C=O) groups is 1. The molecule has 1 amide bonds. The van der Waals surface area contributed by atoms with Gasteiger partial charge in [0.2, 0.25) is 5.91 Å². The Bertz CT molecular complexity index is 919. The average molecular weight is 363 g/mol. The van der Waals surface area contributed by atoms with Crippen molar-refractivity contribution in [3.63, 3.8) is 0 Å². The zero-order valence-corrected chi connectivity index (χ0v) is 16.0. The molecule has 0 bridgehead atoms. The van der Waals surface area contributed by atoms with Gasteiger partial charge in [-0.2, -0.15) is 0 Å². The molecule has 27 heavy (non-hydrogen) atoms. The zero-order chi connectivity index (χ0) is 19.2. The molecule has 0 aliphatic heterocycles. The SMILES string of the molecule is Cc1cccc([C@@H](C(=O)NCCOc2cccc3cccnc23)N(C)C)c1. The van der Waals surface area contributed by atoms with Crippen LogP contribution < -0.4 is 10.1 Å². The van der Waals surface area contributed by atoms with Crippen LogP contribution in [-0.2, 0) is 4.79 Å². The minimum absolute atomic E-state index is 0.0368. The van der Waals surface area contributed by atoms with E-state index in [0.29, 0.717) is 13.2 Å². The van der Waals surface area contributed by atoms with Crippen molar-refractivity contribution in [2.75, 3.05) is 27.2 Å². The summed E-state index contributed by atoms with van der Waals surface area (Å²) in [6.07, 6.45) is 1.75. The Kier molecular flexibility index (Phi) is 6.04. The van der Waals surface area contributed by atoms with Crippen molar-refractivity contribution in [1.82, 2.24) is 15.2 Å². The van der Waals surface area contributed by atoms with E-state index >= 15 is 0 Å². The number of fused-ring (bicyclic) bond motifs is 1. The molecule has 0 saturated heterocycles. The fourth-order valence-corrected chi connectivity index (χ4v) is 3.15. The first-order chi connectivity index (χ1) is 13.1. The summed E-state index contributed by atoms with van der Waals surface area (Å²) < 4.78 is 5.84. The van der Waals surface area contributed by atoms with Crippen LogP contribution in [0.3, 0.4) is 0 Å². The van der Waals surface area contributed by atoms with E-state index < -0.39 is 0 Å². The van der Waals surface area contributed by atoms with Gasteiger partial charge in [0.1, 0.15) is 23.9 Å². The molecule has 1 N–H and O–H groups in total. The highest BCUT2D eigenvalue weighted by Crippen LogP contribution is 2.23. The summed E-state index contributed by atoms with van der Waals surface area (Å²) in [6.45, 7) is 2.84. The number of benzene rings is 2. The number of hydrogen-bond acceptors (Lipinski definition) is 4. The van der Waals surface area contributed by atoms with E-state index in [9.17, 15) is 4.79 Å². The molecule has 1 heterocycles. The number of aromatic nitrogens is 1. The van der Waals surface area contributed by atoms with Gasteiger partial charge in [0, 0.05) is 11.6 Å². The second-order valence-electron chi connectivity index (χ2n) is 6.75. The summed E-state index contributed by atoms with van der Waals surface area (Å²) >= 11 is 0. The van der Waals surface area contributed by atoms with E-state index in [-0.39, 0.29) is 11.9 Å². The first kappa shape index (κ1) is 18.9. The predicted molar refractivity (Wildman–Crippen MR) is 108 cm³/mol. The molecule has 3 rings (SSSR count). The molecule has 0 radical (unpaired) electrons. The first-order valence-electron chi connectivity index (χ1n) is 9.03. The van der Waals surface area contributed by atoms with Gasteiger partial charge in [0.15, 0.2) is 0 Å². The van der Waals surface area contributed by atoms with Gasteiger partial charge in [-0.05, 0) is 38.7 Å². The Labute approximate surface area is 160 Å². The van der Waals surface area contributed by atoms with Gasteiger partial charge < -0.3 is 10.1 Å². The highest BCUT2D eigenvalue weighted by atomic mass is 16.5. The molecule has 5 nitrogen and oxygen atoms in total. The number of rotatable bonds is 7. The van der Waals surface area contributed by atoms with E-state index in [0.717, 1.165) is 27.8 Å². The lowest BCUT2D eigenvalue weighted by atomic mass is 10.0. The molecule has 5 heteroatoms. The lowest BCUT2D eigenvalue weighted by Gasteiger charge is -2.24. The van der Waals surface area contributed by atoms with Crippen molar-refractivity contribution in [3.05, 3.63) is 71.9 Å². The standard InChI is InChI=1S/C22H25N3O2/c1-16-7-4-9-18(15-16)21(25(2)3)22(26)24-13-14-27-19-11-5-8-17-10-6-12-23-20(17)19/h4-12,15,21H,13-14H2,1-3H3,(H,24,26)/t21-/m0/s1. The van der Waals surface area contributed by atoms with Crippen molar-refractivity contribution in [2.45, 2.75) is 13.0 Å². The van der Waals surface area contributed by atoms with Crippen molar-refractivity contribution < 1.29 is 9.53 Å². The molecule has 1 atom stereocenters. The van der Waals surface area contributed by atoms with Crippen LogP contribution in [0.15, 0.2) is 60.8 Å². The van der Waals surface area contributed by atoms with Gasteiger partial charge in [-0.25, -0.2) is 0 Å². The Morgan fingerprint density at radius 3 is 2.70 bits per heavy atom.